The second-order valence-electron chi connectivity index (χ2n) is 7.95. The molecular weight excluding hydrogens is 357 g/mol. The Hall–Kier alpha value is -2.11. The van der Waals surface area contributed by atoms with Crippen molar-refractivity contribution in [2.75, 3.05) is 11.9 Å². The zero-order valence-electron chi connectivity index (χ0n) is 17.3. The van der Waals surface area contributed by atoms with Crippen molar-refractivity contribution in [3.63, 3.8) is 0 Å². The van der Waals surface area contributed by atoms with E-state index in [0.29, 0.717) is 6.61 Å². The fourth-order valence-corrected chi connectivity index (χ4v) is 3.54. The van der Waals surface area contributed by atoms with Crippen molar-refractivity contribution < 1.29 is 18.6 Å². The molecule has 1 heterocycles. The Morgan fingerprint density at radius 2 is 1.86 bits per heavy atom. The summed E-state index contributed by atoms with van der Waals surface area (Å²) in [5.74, 6) is 0.565. The number of fused-ring (bicyclic) bond motifs is 1. The predicted octanol–water partition coefficient (Wildman–Crippen LogP) is 5.48. The lowest BCUT2D eigenvalue weighted by molar-refractivity contribution is -0.177. The van der Waals surface area contributed by atoms with Crippen LogP contribution in [0.25, 0.3) is 0 Å². The number of hydrogen-bond donors (Lipinski definition) is 1. The third-order valence-corrected chi connectivity index (χ3v) is 4.79. The Balaban J connectivity index is 1.91. The summed E-state index contributed by atoms with van der Waals surface area (Å²) < 4.78 is 32.1. The second kappa shape index (κ2) is 8.50. The minimum absolute atomic E-state index is 0.0338. The van der Waals surface area contributed by atoms with E-state index in [1.54, 1.807) is 12.1 Å². The molecular formula is C23H30FNO3. The third-order valence-electron chi connectivity index (χ3n) is 4.79. The summed E-state index contributed by atoms with van der Waals surface area (Å²) in [6, 6.07) is 12.5. The van der Waals surface area contributed by atoms with Gasteiger partial charge in [-0.2, -0.15) is 0 Å². The van der Waals surface area contributed by atoms with Gasteiger partial charge in [0.2, 0.25) is 0 Å². The molecule has 3 rings (SSSR count). The highest BCUT2D eigenvalue weighted by Gasteiger charge is 2.46. The van der Waals surface area contributed by atoms with E-state index >= 15 is 0 Å². The molecule has 1 aliphatic heterocycles. The molecule has 1 N–H and O–H groups in total. The standard InChI is InChI=1S/C23H30FNO3/c1-6-25-18-11-12-20-19(13-18)21(27-15(2)3)22(23(4,5)28-20)26-14-16-7-9-17(24)10-8-16/h7-13,15,21-22,25H,6,14H2,1-5H3. The van der Waals surface area contributed by atoms with Crippen molar-refractivity contribution >= 4 is 5.69 Å². The van der Waals surface area contributed by atoms with E-state index in [-0.39, 0.29) is 24.1 Å². The molecule has 2 unspecified atom stereocenters. The van der Waals surface area contributed by atoms with Gasteiger partial charge in [0, 0.05) is 17.8 Å². The van der Waals surface area contributed by atoms with E-state index in [2.05, 4.69) is 18.3 Å². The highest BCUT2D eigenvalue weighted by molar-refractivity contribution is 5.53. The molecule has 0 fully saturated rings. The average molecular weight is 387 g/mol. The number of ether oxygens (including phenoxy) is 3. The van der Waals surface area contributed by atoms with Gasteiger partial charge < -0.3 is 19.5 Å². The summed E-state index contributed by atoms with van der Waals surface area (Å²) in [5.41, 5.74) is 2.34. The summed E-state index contributed by atoms with van der Waals surface area (Å²) in [6.07, 6.45) is -0.548. The van der Waals surface area contributed by atoms with E-state index in [9.17, 15) is 4.39 Å². The Morgan fingerprint density at radius 3 is 2.50 bits per heavy atom. The van der Waals surface area contributed by atoms with Crippen LogP contribution in [0, 0.1) is 5.82 Å². The van der Waals surface area contributed by atoms with Crippen LogP contribution < -0.4 is 10.1 Å². The van der Waals surface area contributed by atoms with Crippen LogP contribution in [0.3, 0.4) is 0 Å². The van der Waals surface area contributed by atoms with Crippen LogP contribution >= 0.6 is 0 Å². The van der Waals surface area contributed by atoms with Gasteiger partial charge in [0.1, 0.15) is 29.4 Å². The fourth-order valence-electron chi connectivity index (χ4n) is 3.54. The molecule has 28 heavy (non-hydrogen) atoms. The molecule has 1 aliphatic rings. The van der Waals surface area contributed by atoms with Crippen LogP contribution in [0.4, 0.5) is 10.1 Å². The van der Waals surface area contributed by atoms with Gasteiger partial charge in [-0.3, -0.25) is 0 Å². The number of benzene rings is 2. The molecule has 0 saturated heterocycles. The Morgan fingerprint density at radius 1 is 1.14 bits per heavy atom. The quantitative estimate of drug-likeness (QED) is 0.683. The van der Waals surface area contributed by atoms with Gasteiger partial charge >= 0.3 is 0 Å². The maximum Gasteiger partial charge on any atom is 0.132 e. The maximum atomic E-state index is 13.2. The highest BCUT2D eigenvalue weighted by atomic mass is 19.1. The van der Waals surface area contributed by atoms with Gasteiger partial charge in [-0.1, -0.05) is 12.1 Å². The molecule has 2 aromatic carbocycles. The fraction of sp³-hybridized carbons (Fsp3) is 0.478. The van der Waals surface area contributed by atoms with Crippen molar-refractivity contribution in [3.8, 4) is 5.75 Å². The number of halogens is 1. The van der Waals surface area contributed by atoms with Crippen molar-refractivity contribution in [2.45, 2.75) is 65.1 Å². The van der Waals surface area contributed by atoms with Crippen LogP contribution in [0.2, 0.25) is 0 Å². The average Bonchev–Trinajstić information content (AvgIpc) is 2.62. The van der Waals surface area contributed by atoms with E-state index in [4.69, 9.17) is 14.2 Å². The Bertz CT molecular complexity index is 789. The summed E-state index contributed by atoms with van der Waals surface area (Å²) >= 11 is 0. The van der Waals surface area contributed by atoms with Crippen LogP contribution in [-0.4, -0.2) is 24.4 Å². The number of hydrogen-bond acceptors (Lipinski definition) is 4. The Labute approximate surface area is 167 Å². The summed E-state index contributed by atoms with van der Waals surface area (Å²) in [7, 11) is 0. The largest absolute Gasteiger partial charge is 0.485 e. The van der Waals surface area contributed by atoms with Gasteiger partial charge in [0.25, 0.3) is 0 Å². The first-order chi connectivity index (χ1) is 13.3. The molecule has 152 valence electrons. The molecule has 2 atom stereocenters. The summed E-state index contributed by atoms with van der Waals surface area (Å²) in [4.78, 5) is 0. The zero-order valence-corrected chi connectivity index (χ0v) is 17.3. The Kier molecular flexibility index (Phi) is 6.26. The molecule has 0 spiro atoms. The molecule has 0 radical (unpaired) electrons. The van der Waals surface area contributed by atoms with Crippen molar-refractivity contribution in [1.82, 2.24) is 0 Å². The number of anilines is 1. The van der Waals surface area contributed by atoms with Crippen LogP contribution in [0.1, 0.15) is 51.8 Å². The minimum Gasteiger partial charge on any atom is -0.485 e. The topological polar surface area (TPSA) is 39.7 Å². The predicted molar refractivity (Wildman–Crippen MR) is 109 cm³/mol. The summed E-state index contributed by atoms with van der Waals surface area (Å²) in [5, 5.41) is 3.34. The van der Waals surface area contributed by atoms with Crippen LogP contribution in [0.15, 0.2) is 42.5 Å². The summed E-state index contributed by atoms with van der Waals surface area (Å²) in [6.45, 7) is 11.3. The van der Waals surface area contributed by atoms with Crippen LogP contribution in [0.5, 0.6) is 5.75 Å². The smallest absolute Gasteiger partial charge is 0.132 e. The van der Waals surface area contributed by atoms with Gasteiger partial charge in [0.05, 0.1) is 12.7 Å². The lowest BCUT2D eigenvalue weighted by Gasteiger charge is -2.45. The zero-order chi connectivity index (χ0) is 20.3. The van der Waals surface area contributed by atoms with Crippen molar-refractivity contribution in [1.29, 1.82) is 0 Å². The second-order valence-corrected chi connectivity index (χ2v) is 7.95. The first-order valence-corrected chi connectivity index (χ1v) is 9.88. The SMILES string of the molecule is CCNc1ccc2c(c1)C(OC(C)C)C(OCc1ccc(F)cc1)C(C)(C)O2. The van der Waals surface area contributed by atoms with E-state index in [0.717, 1.165) is 29.1 Å². The molecule has 0 bridgehead atoms. The molecule has 0 amide bonds. The molecule has 2 aromatic rings. The first-order valence-electron chi connectivity index (χ1n) is 9.88. The van der Waals surface area contributed by atoms with Crippen molar-refractivity contribution in [2.24, 2.45) is 0 Å². The molecule has 0 saturated carbocycles. The minimum atomic E-state index is -0.577. The van der Waals surface area contributed by atoms with E-state index in [1.807, 2.05) is 39.8 Å². The monoisotopic (exact) mass is 387 g/mol. The third kappa shape index (κ3) is 4.65. The number of rotatable bonds is 7. The van der Waals surface area contributed by atoms with Gasteiger partial charge in [-0.05, 0) is 70.5 Å². The van der Waals surface area contributed by atoms with Gasteiger partial charge in [-0.15, -0.1) is 0 Å². The molecule has 4 nitrogen and oxygen atoms in total. The first kappa shape index (κ1) is 20.6. The van der Waals surface area contributed by atoms with Crippen LogP contribution in [-0.2, 0) is 16.1 Å². The maximum absolute atomic E-state index is 13.2. The van der Waals surface area contributed by atoms with Crippen molar-refractivity contribution in [3.05, 3.63) is 59.4 Å². The van der Waals surface area contributed by atoms with Gasteiger partial charge in [-0.25, -0.2) is 4.39 Å². The normalized spacial score (nSPS) is 20.5. The van der Waals surface area contributed by atoms with E-state index in [1.165, 1.54) is 12.1 Å². The lowest BCUT2D eigenvalue weighted by Crippen LogP contribution is -2.51. The lowest BCUT2D eigenvalue weighted by atomic mass is 9.87. The highest BCUT2D eigenvalue weighted by Crippen LogP contribution is 2.45. The molecule has 0 aromatic heterocycles. The number of nitrogens with one attached hydrogen (secondary N) is 1. The van der Waals surface area contributed by atoms with Gasteiger partial charge in [0.15, 0.2) is 0 Å². The van der Waals surface area contributed by atoms with E-state index < -0.39 is 5.60 Å². The molecule has 5 heteroatoms. The molecule has 0 aliphatic carbocycles.